The van der Waals surface area contributed by atoms with Crippen LogP contribution in [-0.4, -0.2) is 75.1 Å². The summed E-state index contributed by atoms with van der Waals surface area (Å²) in [6.45, 7) is 2.70. The quantitative estimate of drug-likeness (QED) is 0.535. The zero-order valence-electron chi connectivity index (χ0n) is 6.30. The van der Waals surface area contributed by atoms with Gasteiger partial charge in [0.25, 0.3) is 0 Å². The van der Waals surface area contributed by atoms with E-state index in [1.165, 1.54) is 20.8 Å². The first-order valence-corrected chi connectivity index (χ1v) is 2.98. The number of hydrogen-bond acceptors (Lipinski definition) is 3. The molecule has 0 aliphatic carbocycles. The van der Waals surface area contributed by atoms with Crippen molar-refractivity contribution in [2.45, 2.75) is 20.8 Å². The fraction of sp³-hybridized carbons (Fsp3) is 0.500. The molecule has 0 aliphatic heterocycles. The molecule has 5 heteroatoms. The van der Waals surface area contributed by atoms with Gasteiger partial charge in [-0.15, -0.1) is 0 Å². The molecule has 0 rings (SSSR count). The molecule has 0 aromatic carbocycles. The molecule has 0 aromatic rings. The Hall–Kier alpha value is 0.711. The van der Waals surface area contributed by atoms with Crippen molar-refractivity contribution >= 4 is 75.1 Å². The second kappa shape index (κ2) is 6.25. The van der Waals surface area contributed by atoms with E-state index in [1.807, 2.05) is 0 Å². The first-order chi connectivity index (χ1) is 4.46. The molecule has 0 saturated heterocycles. The van der Waals surface area contributed by atoms with Crippen LogP contribution in [0.1, 0.15) is 20.8 Å². The summed E-state index contributed by atoms with van der Waals surface area (Å²) in [6.07, 6.45) is 0. The van der Waals surface area contributed by atoms with Gasteiger partial charge in [0, 0.05) is 0 Å². The number of carbonyl (C=O) groups is 3. The van der Waals surface area contributed by atoms with Gasteiger partial charge in [-0.05, 0) is 20.8 Å². The van der Waals surface area contributed by atoms with Gasteiger partial charge in [0.15, 0.2) is 0 Å². The Labute approximate surface area is 109 Å². The van der Waals surface area contributed by atoms with Crippen LogP contribution in [0.15, 0.2) is 0 Å². The zero-order chi connectivity index (χ0) is 8.31. The third-order valence-corrected chi connectivity index (χ3v) is 1.22. The molecule has 0 spiro atoms. The second-order valence-electron chi connectivity index (χ2n) is 2.26. The Balaban J connectivity index is 0. The van der Waals surface area contributed by atoms with Crippen LogP contribution in [0.25, 0.3) is 0 Å². The van der Waals surface area contributed by atoms with Crippen LogP contribution < -0.4 is 0 Å². The van der Waals surface area contributed by atoms with Crippen molar-refractivity contribution in [3.05, 3.63) is 0 Å². The second-order valence-corrected chi connectivity index (χ2v) is 2.26. The molecule has 0 N–H and O–H groups in total. The topological polar surface area (TPSA) is 51.2 Å². The zero-order valence-corrected chi connectivity index (χ0v) is 6.30. The molecule has 0 atom stereocenters. The molecule has 0 aliphatic rings. The third kappa shape index (κ3) is 5.03. The molecule has 0 saturated carbocycles. The van der Waals surface area contributed by atoms with Gasteiger partial charge < -0.3 is 14.4 Å². The van der Waals surface area contributed by atoms with E-state index in [4.69, 9.17) is 0 Å². The molecular formula is C6H10BKO3. The molecular weight excluding hydrogens is 170 g/mol. The van der Waals surface area contributed by atoms with E-state index in [0.717, 1.165) is 0 Å². The van der Waals surface area contributed by atoms with E-state index in [0.29, 0.717) is 0 Å². The van der Waals surface area contributed by atoms with Crippen LogP contribution in [0, 0.1) is 0 Å². The van der Waals surface area contributed by atoms with Crippen LogP contribution in [0.5, 0.6) is 0 Å². The molecule has 0 bridgehead atoms. The molecule has 56 valence electrons. The fourth-order valence-electron chi connectivity index (χ4n) is 0.859. The Bertz CT molecular complexity index is 157. The standard InChI is InChI=1S/C6H9BO3.K.H/c1-4(8)7(5(2)9)6(3)10;;/h1-3H3;;. The van der Waals surface area contributed by atoms with E-state index in [-0.39, 0.29) is 68.4 Å². The minimum absolute atomic E-state index is 0. The molecule has 11 heavy (non-hydrogen) atoms. The van der Waals surface area contributed by atoms with Crippen molar-refractivity contribution in [2.75, 3.05) is 0 Å². The van der Waals surface area contributed by atoms with E-state index in [2.05, 4.69) is 0 Å². The van der Waals surface area contributed by atoms with Crippen LogP contribution >= 0.6 is 0 Å². The summed E-state index contributed by atoms with van der Waals surface area (Å²) in [5, 5.41) is 0. The Morgan fingerprint density at radius 3 is 1.00 bits per heavy atom. The predicted octanol–water partition coefficient (Wildman–Crippen LogP) is -0.783. The number of hydrogen-bond donors (Lipinski definition) is 0. The van der Waals surface area contributed by atoms with E-state index < -0.39 is 6.71 Å². The van der Waals surface area contributed by atoms with E-state index in [1.54, 1.807) is 0 Å². The summed E-state index contributed by atoms with van der Waals surface area (Å²) < 4.78 is 0. The van der Waals surface area contributed by atoms with Gasteiger partial charge in [-0.1, -0.05) is 0 Å². The van der Waals surface area contributed by atoms with Gasteiger partial charge >= 0.3 is 58.1 Å². The first kappa shape index (κ1) is 14.2. The predicted molar refractivity (Wildman–Crippen MR) is 44.9 cm³/mol. The Morgan fingerprint density at radius 2 is 1.00 bits per heavy atom. The molecule has 0 aromatic heterocycles. The fourth-order valence-corrected chi connectivity index (χ4v) is 0.859. The summed E-state index contributed by atoms with van der Waals surface area (Å²) in [5.74, 6) is 0. The maximum atomic E-state index is 10.6. The summed E-state index contributed by atoms with van der Waals surface area (Å²) >= 11 is 0. The van der Waals surface area contributed by atoms with Crippen molar-refractivity contribution in [1.29, 1.82) is 0 Å². The molecule has 0 heterocycles. The van der Waals surface area contributed by atoms with E-state index >= 15 is 0 Å². The average molecular weight is 180 g/mol. The SMILES string of the molecule is CC(=O)B(C(C)=O)C(C)=O.[KH]. The van der Waals surface area contributed by atoms with Gasteiger partial charge in [-0.25, -0.2) is 0 Å². The van der Waals surface area contributed by atoms with Crippen LogP contribution in [0.2, 0.25) is 0 Å². The van der Waals surface area contributed by atoms with Gasteiger partial charge in [0.05, 0.1) is 0 Å². The minimum atomic E-state index is -1.03. The van der Waals surface area contributed by atoms with Crippen molar-refractivity contribution in [3.63, 3.8) is 0 Å². The molecule has 0 unspecified atom stereocenters. The first-order valence-electron chi connectivity index (χ1n) is 2.98. The number of rotatable bonds is 3. The molecule has 0 amide bonds. The summed E-state index contributed by atoms with van der Waals surface area (Å²) in [4.78, 5) is 31.8. The Kier molecular flexibility index (Phi) is 8.10. The summed E-state index contributed by atoms with van der Waals surface area (Å²) in [6, 6.07) is 0. The molecule has 0 radical (unpaired) electrons. The summed E-state index contributed by atoms with van der Waals surface area (Å²) in [7, 11) is 0. The van der Waals surface area contributed by atoms with Gasteiger partial charge in [-0.2, -0.15) is 0 Å². The number of carbonyl (C=O) groups excluding carboxylic acids is 3. The maximum absolute atomic E-state index is 10.6. The molecule has 0 fully saturated rings. The van der Waals surface area contributed by atoms with Gasteiger partial charge in [-0.3, -0.25) is 0 Å². The van der Waals surface area contributed by atoms with E-state index in [9.17, 15) is 14.4 Å². The van der Waals surface area contributed by atoms with Crippen molar-refractivity contribution in [1.82, 2.24) is 0 Å². The third-order valence-electron chi connectivity index (χ3n) is 1.22. The monoisotopic (exact) mass is 180 g/mol. The normalized spacial score (nSPS) is 7.91. The van der Waals surface area contributed by atoms with Gasteiger partial charge in [0.1, 0.15) is 17.0 Å². The van der Waals surface area contributed by atoms with Crippen LogP contribution in [0.3, 0.4) is 0 Å². The molecule has 3 nitrogen and oxygen atoms in total. The van der Waals surface area contributed by atoms with Crippen LogP contribution in [0.4, 0.5) is 0 Å². The van der Waals surface area contributed by atoms with Crippen molar-refractivity contribution in [3.8, 4) is 0 Å². The van der Waals surface area contributed by atoms with Crippen LogP contribution in [-0.2, 0) is 14.4 Å². The van der Waals surface area contributed by atoms with Crippen molar-refractivity contribution < 1.29 is 14.4 Å². The Morgan fingerprint density at radius 1 is 0.818 bits per heavy atom. The van der Waals surface area contributed by atoms with Crippen molar-refractivity contribution in [2.24, 2.45) is 0 Å². The average Bonchev–Trinajstić information content (AvgIpc) is 1.59. The van der Waals surface area contributed by atoms with Gasteiger partial charge in [0.2, 0.25) is 0 Å². The summed E-state index contributed by atoms with van der Waals surface area (Å²) in [5.41, 5.74) is -1.12.